The summed E-state index contributed by atoms with van der Waals surface area (Å²) in [5.74, 6) is 0.168. The number of carbonyl (C=O) groups excluding carboxylic acids is 1. The van der Waals surface area contributed by atoms with Crippen LogP contribution >= 0.6 is 0 Å². The molecule has 3 N–H and O–H groups in total. The van der Waals surface area contributed by atoms with Gasteiger partial charge in [-0.3, -0.25) is 4.79 Å². The quantitative estimate of drug-likeness (QED) is 0.571. The molecule has 0 radical (unpaired) electrons. The smallest absolute Gasteiger partial charge is 0.226 e. The van der Waals surface area contributed by atoms with Crippen molar-refractivity contribution in [2.75, 3.05) is 40.8 Å². The van der Waals surface area contributed by atoms with Crippen molar-refractivity contribution in [1.82, 2.24) is 15.1 Å². The lowest BCUT2D eigenvalue weighted by molar-refractivity contribution is -0.250. The Labute approximate surface area is 210 Å². The summed E-state index contributed by atoms with van der Waals surface area (Å²) in [4.78, 5) is 17.5. The molecule has 7 heteroatoms. The average molecular weight is 488 g/mol. The molecule has 35 heavy (non-hydrogen) atoms. The molecule has 1 unspecified atom stereocenters. The summed E-state index contributed by atoms with van der Waals surface area (Å²) in [5, 5.41) is 26.2. The van der Waals surface area contributed by atoms with Crippen molar-refractivity contribution in [3.63, 3.8) is 0 Å². The van der Waals surface area contributed by atoms with Crippen molar-refractivity contribution in [3.05, 3.63) is 35.9 Å². The van der Waals surface area contributed by atoms with Crippen LogP contribution in [-0.2, 0) is 9.53 Å². The molecule has 0 spiro atoms. The first-order chi connectivity index (χ1) is 16.5. The molecule has 7 nitrogen and oxygen atoms in total. The Bertz CT molecular complexity index is 872. The van der Waals surface area contributed by atoms with Gasteiger partial charge in [0.05, 0.1) is 17.3 Å². The number of nitrogens with one attached hydrogen (secondary N) is 1. The second-order valence-corrected chi connectivity index (χ2v) is 12.1. The molecule has 196 valence electrons. The van der Waals surface area contributed by atoms with E-state index in [1.165, 1.54) is 5.56 Å². The van der Waals surface area contributed by atoms with E-state index >= 15 is 0 Å². The van der Waals surface area contributed by atoms with Crippen LogP contribution in [0.15, 0.2) is 30.3 Å². The molecule has 0 aliphatic carbocycles. The zero-order chi connectivity index (χ0) is 25.4. The third-order valence-corrected chi connectivity index (χ3v) is 9.17. The van der Waals surface area contributed by atoms with E-state index in [0.29, 0.717) is 19.3 Å². The number of amides is 1. The van der Waals surface area contributed by atoms with Crippen LogP contribution < -0.4 is 5.32 Å². The van der Waals surface area contributed by atoms with Gasteiger partial charge in [-0.1, -0.05) is 37.3 Å². The van der Waals surface area contributed by atoms with Crippen LogP contribution in [0.1, 0.15) is 63.9 Å². The highest BCUT2D eigenvalue weighted by Gasteiger charge is 2.57. The summed E-state index contributed by atoms with van der Waals surface area (Å²) in [6, 6.07) is 10.3. The van der Waals surface area contributed by atoms with Crippen molar-refractivity contribution in [2.24, 2.45) is 5.41 Å². The summed E-state index contributed by atoms with van der Waals surface area (Å²) in [7, 11) is 6.07. The number of carbonyl (C=O) groups is 1. The number of likely N-dealkylation sites (N-methyl/N-ethyl adjacent to an activating group) is 1. The van der Waals surface area contributed by atoms with Crippen molar-refractivity contribution < 1.29 is 19.7 Å². The van der Waals surface area contributed by atoms with E-state index in [2.05, 4.69) is 34.3 Å². The largest absolute Gasteiger partial charge is 0.388 e. The number of ether oxygens (including phenoxy) is 1. The van der Waals surface area contributed by atoms with Crippen molar-refractivity contribution in [3.8, 4) is 0 Å². The first-order valence-electron chi connectivity index (χ1n) is 13.2. The third kappa shape index (κ3) is 5.30. The van der Waals surface area contributed by atoms with Gasteiger partial charge in [0.25, 0.3) is 0 Å². The zero-order valence-electron chi connectivity index (χ0n) is 22.2. The number of nitrogens with zero attached hydrogens (tertiary/aromatic N) is 2. The predicted molar refractivity (Wildman–Crippen MR) is 137 cm³/mol. The van der Waals surface area contributed by atoms with Crippen molar-refractivity contribution >= 4 is 5.91 Å². The molecule has 3 fully saturated rings. The predicted octanol–water partition coefficient (Wildman–Crippen LogP) is 2.37. The van der Waals surface area contributed by atoms with Gasteiger partial charge in [0, 0.05) is 18.0 Å². The second kappa shape index (κ2) is 10.1. The van der Waals surface area contributed by atoms with Gasteiger partial charge in [0.2, 0.25) is 5.91 Å². The summed E-state index contributed by atoms with van der Waals surface area (Å²) >= 11 is 0. The highest BCUT2D eigenvalue weighted by Crippen LogP contribution is 2.51. The fourth-order valence-electron chi connectivity index (χ4n) is 6.62. The Hall–Kier alpha value is -1.51. The van der Waals surface area contributed by atoms with Crippen LogP contribution in [0.3, 0.4) is 0 Å². The van der Waals surface area contributed by atoms with Crippen molar-refractivity contribution in [1.29, 1.82) is 0 Å². The fraction of sp³-hybridized carbons (Fsp3) is 0.750. The van der Waals surface area contributed by atoms with Gasteiger partial charge in [-0.2, -0.15) is 0 Å². The normalized spacial score (nSPS) is 36.4. The fourth-order valence-corrected chi connectivity index (χ4v) is 6.62. The third-order valence-electron chi connectivity index (χ3n) is 9.17. The van der Waals surface area contributed by atoms with Gasteiger partial charge in [-0.15, -0.1) is 0 Å². The molecular weight excluding hydrogens is 442 g/mol. The SMILES string of the molecule is CN1CCC(C)(C(=O)NCC(O)[C@]23CC[C@@H](N(C)C)[C@H](O)[C@](C)(C[C@@H](c4ccccc4)C2)O3)CC1. The first-order valence-corrected chi connectivity index (χ1v) is 13.2. The molecule has 3 saturated heterocycles. The van der Waals surface area contributed by atoms with Crippen LogP contribution in [0.25, 0.3) is 0 Å². The summed E-state index contributed by atoms with van der Waals surface area (Å²) in [6.45, 7) is 5.99. The summed E-state index contributed by atoms with van der Waals surface area (Å²) < 4.78 is 6.76. The number of aliphatic hydroxyl groups excluding tert-OH is 2. The lowest BCUT2D eigenvalue weighted by Crippen LogP contribution is -2.61. The van der Waals surface area contributed by atoms with E-state index in [9.17, 15) is 15.0 Å². The second-order valence-electron chi connectivity index (χ2n) is 12.1. The minimum atomic E-state index is -0.861. The van der Waals surface area contributed by atoms with Gasteiger partial charge < -0.3 is 30.1 Å². The number of likely N-dealkylation sites (tertiary alicyclic amines) is 1. The van der Waals surface area contributed by atoms with Gasteiger partial charge in [-0.05, 0) is 91.2 Å². The molecular formula is C28H45N3O4. The molecule has 2 bridgehead atoms. The summed E-state index contributed by atoms with van der Waals surface area (Å²) in [6.07, 6.45) is 2.81. The lowest BCUT2D eigenvalue weighted by Gasteiger charge is -2.52. The Morgan fingerprint density at radius 1 is 1.17 bits per heavy atom. The Balaban J connectivity index is 1.57. The molecule has 1 aromatic rings. The molecule has 4 rings (SSSR count). The zero-order valence-corrected chi connectivity index (χ0v) is 22.2. The monoisotopic (exact) mass is 487 g/mol. The van der Waals surface area contributed by atoms with Crippen LogP contribution in [0, 0.1) is 5.41 Å². The van der Waals surface area contributed by atoms with E-state index in [4.69, 9.17) is 4.74 Å². The number of rotatable bonds is 6. The van der Waals surface area contributed by atoms with Crippen LogP contribution in [-0.4, -0.2) is 96.1 Å². The van der Waals surface area contributed by atoms with E-state index in [1.807, 2.05) is 46.1 Å². The lowest BCUT2D eigenvalue weighted by atomic mass is 9.72. The van der Waals surface area contributed by atoms with E-state index < -0.39 is 28.8 Å². The van der Waals surface area contributed by atoms with Gasteiger partial charge in [-0.25, -0.2) is 0 Å². The van der Waals surface area contributed by atoms with Crippen molar-refractivity contribution in [2.45, 2.75) is 87.7 Å². The molecule has 0 aromatic heterocycles. The highest BCUT2D eigenvalue weighted by molar-refractivity contribution is 5.82. The van der Waals surface area contributed by atoms with Crippen LogP contribution in [0.5, 0.6) is 0 Å². The van der Waals surface area contributed by atoms with Crippen LogP contribution in [0.2, 0.25) is 0 Å². The Morgan fingerprint density at radius 3 is 2.46 bits per heavy atom. The molecule has 0 saturated carbocycles. The number of piperidine rings is 1. The van der Waals surface area contributed by atoms with Gasteiger partial charge in [0.15, 0.2) is 0 Å². The maximum Gasteiger partial charge on any atom is 0.226 e. The number of aliphatic hydroxyl groups is 2. The molecule has 1 amide bonds. The molecule has 3 heterocycles. The minimum Gasteiger partial charge on any atom is -0.388 e. The standard InChI is InChI=1S/C28H45N3O4/c1-26(13-15-31(5)16-14-26)25(34)29-19-23(32)28-12-11-22(30(3)4)24(33)27(2,35-28)17-21(18-28)20-9-7-6-8-10-20/h6-10,21-24,32-33H,11-19H2,1-5H3,(H,29,34)/t21-,22-,23?,24+,27+,28+/m1/s1. The van der Waals surface area contributed by atoms with Gasteiger partial charge >= 0.3 is 0 Å². The number of hydrogen-bond donors (Lipinski definition) is 3. The Kier molecular flexibility index (Phi) is 7.66. The van der Waals surface area contributed by atoms with Gasteiger partial charge in [0.1, 0.15) is 6.10 Å². The minimum absolute atomic E-state index is 0.0130. The average Bonchev–Trinajstić information content (AvgIpc) is 2.91. The number of fused-ring (bicyclic) bond motifs is 2. The first kappa shape index (κ1) is 26.6. The topological polar surface area (TPSA) is 85.3 Å². The highest BCUT2D eigenvalue weighted by atomic mass is 16.6. The Morgan fingerprint density at radius 2 is 1.83 bits per heavy atom. The van der Waals surface area contributed by atoms with E-state index in [1.54, 1.807) is 0 Å². The number of benzene rings is 1. The number of hydrogen-bond acceptors (Lipinski definition) is 6. The molecule has 1 aromatic carbocycles. The molecule has 3 aliphatic heterocycles. The van der Waals surface area contributed by atoms with Crippen LogP contribution in [0.4, 0.5) is 0 Å². The molecule has 6 atom stereocenters. The van der Waals surface area contributed by atoms with E-state index in [-0.39, 0.29) is 24.4 Å². The maximum absolute atomic E-state index is 13.2. The van der Waals surface area contributed by atoms with E-state index in [0.717, 1.165) is 32.4 Å². The summed E-state index contributed by atoms with van der Waals surface area (Å²) in [5.41, 5.74) is -0.833. The molecule has 3 aliphatic rings. The maximum atomic E-state index is 13.2.